The standard InChI is InChI=1S/C15H25N5O/c1-5-20(6-2)15(21)13-9-12(7-8-18-13)19(4)10-11(3)14(16)17/h7-9,11H,5-6,10H2,1-4H3,(H3,16,17). The van der Waals surface area contributed by atoms with Crippen molar-refractivity contribution in [1.82, 2.24) is 9.88 Å². The lowest BCUT2D eigenvalue weighted by molar-refractivity contribution is 0.0767. The summed E-state index contributed by atoms with van der Waals surface area (Å²) in [5, 5.41) is 7.45. The lowest BCUT2D eigenvalue weighted by atomic mass is 10.1. The third-order valence-corrected chi connectivity index (χ3v) is 3.53. The fraction of sp³-hybridized carbons (Fsp3) is 0.533. The van der Waals surface area contributed by atoms with Crippen molar-refractivity contribution < 1.29 is 4.79 Å². The van der Waals surface area contributed by atoms with Gasteiger partial charge < -0.3 is 15.5 Å². The zero-order valence-electron chi connectivity index (χ0n) is 13.3. The molecule has 1 aromatic heterocycles. The van der Waals surface area contributed by atoms with Crippen LogP contribution in [0.1, 0.15) is 31.3 Å². The maximum absolute atomic E-state index is 12.3. The Bertz CT molecular complexity index is 499. The molecule has 3 N–H and O–H groups in total. The van der Waals surface area contributed by atoms with Crippen molar-refractivity contribution in [3.05, 3.63) is 24.0 Å². The molecule has 116 valence electrons. The molecule has 0 fully saturated rings. The van der Waals surface area contributed by atoms with Crippen LogP contribution in [0.25, 0.3) is 0 Å². The molecule has 0 bridgehead atoms. The summed E-state index contributed by atoms with van der Waals surface area (Å²) < 4.78 is 0. The molecule has 0 aliphatic heterocycles. The number of pyridine rings is 1. The quantitative estimate of drug-likeness (QED) is 0.590. The van der Waals surface area contributed by atoms with Gasteiger partial charge in [-0.2, -0.15) is 0 Å². The van der Waals surface area contributed by atoms with Crippen LogP contribution in [0.4, 0.5) is 5.69 Å². The Morgan fingerprint density at radius 3 is 2.57 bits per heavy atom. The highest BCUT2D eigenvalue weighted by atomic mass is 16.2. The highest BCUT2D eigenvalue weighted by molar-refractivity contribution is 5.93. The average molecular weight is 291 g/mol. The van der Waals surface area contributed by atoms with E-state index >= 15 is 0 Å². The number of carbonyl (C=O) groups is 1. The van der Waals surface area contributed by atoms with Gasteiger partial charge in [-0.05, 0) is 26.0 Å². The molecule has 1 rings (SSSR count). The van der Waals surface area contributed by atoms with Crippen LogP contribution in [-0.4, -0.2) is 48.3 Å². The van der Waals surface area contributed by atoms with Crippen molar-refractivity contribution in [2.75, 3.05) is 31.6 Å². The minimum Gasteiger partial charge on any atom is -0.387 e. The van der Waals surface area contributed by atoms with Gasteiger partial charge in [-0.3, -0.25) is 15.2 Å². The van der Waals surface area contributed by atoms with Crippen molar-refractivity contribution in [2.45, 2.75) is 20.8 Å². The Balaban J connectivity index is 2.89. The summed E-state index contributed by atoms with van der Waals surface area (Å²) in [7, 11) is 1.92. The third kappa shape index (κ3) is 4.44. The van der Waals surface area contributed by atoms with Crippen LogP contribution in [-0.2, 0) is 0 Å². The third-order valence-electron chi connectivity index (χ3n) is 3.53. The summed E-state index contributed by atoms with van der Waals surface area (Å²) in [6.07, 6.45) is 1.64. The van der Waals surface area contributed by atoms with Crippen LogP contribution in [0, 0.1) is 11.3 Å². The molecule has 21 heavy (non-hydrogen) atoms. The Morgan fingerprint density at radius 1 is 1.43 bits per heavy atom. The summed E-state index contributed by atoms with van der Waals surface area (Å²) >= 11 is 0. The molecule has 6 nitrogen and oxygen atoms in total. The monoisotopic (exact) mass is 291 g/mol. The van der Waals surface area contributed by atoms with Gasteiger partial charge in [0.1, 0.15) is 5.69 Å². The number of hydrogen-bond donors (Lipinski definition) is 2. The molecule has 1 atom stereocenters. The zero-order chi connectivity index (χ0) is 16.0. The fourth-order valence-corrected chi connectivity index (χ4v) is 2.06. The van der Waals surface area contributed by atoms with E-state index in [1.54, 1.807) is 17.2 Å². The minimum atomic E-state index is -0.0603. The molecule has 0 saturated heterocycles. The Labute approximate surface area is 126 Å². The lowest BCUT2D eigenvalue weighted by Gasteiger charge is -2.24. The number of nitrogens with one attached hydrogen (secondary N) is 1. The summed E-state index contributed by atoms with van der Waals surface area (Å²) in [5.41, 5.74) is 6.84. The van der Waals surface area contributed by atoms with E-state index in [0.717, 1.165) is 5.69 Å². The Hall–Kier alpha value is -2.11. The number of anilines is 1. The normalized spacial score (nSPS) is 11.8. The molecule has 0 aliphatic carbocycles. The van der Waals surface area contributed by atoms with E-state index in [9.17, 15) is 4.79 Å². The van der Waals surface area contributed by atoms with E-state index in [2.05, 4.69) is 4.98 Å². The van der Waals surface area contributed by atoms with E-state index in [1.807, 2.05) is 38.8 Å². The molecule has 0 spiro atoms. The molecule has 0 radical (unpaired) electrons. The van der Waals surface area contributed by atoms with E-state index in [4.69, 9.17) is 11.1 Å². The molecule has 0 aromatic carbocycles. The first-order valence-electron chi connectivity index (χ1n) is 7.21. The number of amidine groups is 1. The van der Waals surface area contributed by atoms with Gasteiger partial charge in [-0.25, -0.2) is 0 Å². The number of nitrogens with two attached hydrogens (primary N) is 1. The summed E-state index contributed by atoms with van der Waals surface area (Å²) in [4.78, 5) is 20.2. The molecule has 1 unspecified atom stereocenters. The maximum atomic E-state index is 12.3. The predicted octanol–water partition coefficient (Wildman–Crippen LogP) is 1.57. The first kappa shape index (κ1) is 16.9. The first-order valence-corrected chi connectivity index (χ1v) is 7.21. The van der Waals surface area contributed by atoms with Gasteiger partial charge in [0.2, 0.25) is 0 Å². The number of hydrogen-bond acceptors (Lipinski definition) is 4. The molecular weight excluding hydrogens is 266 g/mol. The Kier molecular flexibility index (Phi) is 6.14. The van der Waals surface area contributed by atoms with Crippen molar-refractivity contribution in [1.29, 1.82) is 5.41 Å². The summed E-state index contributed by atoms with van der Waals surface area (Å²) in [6.45, 7) is 7.76. The highest BCUT2D eigenvalue weighted by Gasteiger charge is 2.16. The van der Waals surface area contributed by atoms with Crippen molar-refractivity contribution >= 4 is 17.4 Å². The van der Waals surface area contributed by atoms with Gasteiger partial charge in [0.05, 0.1) is 5.84 Å². The van der Waals surface area contributed by atoms with Crippen LogP contribution in [0.2, 0.25) is 0 Å². The smallest absolute Gasteiger partial charge is 0.272 e. The second-order valence-electron chi connectivity index (χ2n) is 5.11. The van der Waals surface area contributed by atoms with E-state index in [0.29, 0.717) is 25.3 Å². The minimum absolute atomic E-state index is 0.0369. The molecule has 0 aliphatic rings. The second kappa shape index (κ2) is 7.61. The molecule has 1 heterocycles. The number of rotatable bonds is 7. The second-order valence-corrected chi connectivity index (χ2v) is 5.11. The van der Waals surface area contributed by atoms with E-state index in [1.165, 1.54) is 0 Å². The fourth-order valence-electron chi connectivity index (χ4n) is 2.06. The van der Waals surface area contributed by atoms with Crippen molar-refractivity contribution in [3.8, 4) is 0 Å². The number of amides is 1. The SMILES string of the molecule is CCN(CC)C(=O)c1cc(N(C)CC(C)C(=N)N)ccn1. The number of carbonyl (C=O) groups excluding carboxylic acids is 1. The van der Waals surface area contributed by atoms with Crippen molar-refractivity contribution in [3.63, 3.8) is 0 Å². The van der Waals surface area contributed by atoms with Gasteiger partial charge in [0, 0.05) is 44.5 Å². The first-order chi connectivity index (χ1) is 9.90. The van der Waals surface area contributed by atoms with Crippen molar-refractivity contribution in [2.24, 2.45) is 11.7 Å². The molecule has 1 aromatic rings. The number of aromatic nitrogens is 1. The molecule has 0 saturated carbocycles. The van der Waals surface area contributed by atoms with Gasteiger partial charge in [0.15, 0.2) is 0 Å². The summed E-state index contributed by atoms with van der Waals surface area (Å²) in [6, 6.07) is 3.64. The molecule has 6 heteroatoms. The topological polar surface area (TPSA) is 86.3 Å². The lowest BCUT2D eigenvalue weighted by Crippen LogP contribution is -2.33. The van der Waals surface area contributed by atoms with Crippen LogP contribution in [0.15, 0.2) is 18.3 Å². The maximum Gasteiger partial charge on any atom is 0.272 e. The van der Waals surface area contributed by atoms with Gasteiger partial charge in [-0.15, -0.1) is 0 Å². The van der Waals surface area contributed by atoms with Gasteiger partial charge >= 0.3 is 0 Å². The van der Waals surface area contributed by atoms with E-state index < -0.39 is 0 Å². The Morgan fingerprint density at radius 2 is 2.05 bits per heavy atom. The van der Waals surface area contributed by atoms with Crippen LogP contribution >= 0.6 is 0 Å². The van der Waals surface area contributed by atoms with Gasteiger partial charge in [-0.1, -0.05) is 6.92 Å². The average Bonchev–Trinajstić information content (AvgIpc) is 2.48. The molecule has 1 amide bonds. The van der Waals surface area contributed by atoms with Crippen LogP contribution in [0.3, 0.4) is 0 Å². The van der Waals surface area contributed by atoms with E-state index in [-0.39, 0.29) is 17.7 Å². The van der Waals surface area contributed by atoms with Crippen LogP contribution in [0.5, 0.6) is 0 Å². The zero-order valence-corrected chi connectivity index (χ0v) is 13.3. The highest BCUT2D eigenvalue weighted by Crippen LogP contribution is 2.15. The molecular formula is C15H25N5O. The summed E-state index contributed by atoms with van der Waals surface area (Å²) in [5.74, 6) is 0.0651. The number of nitrogens with zero attached hydrogens (tertiary/aromatic N) is 3. The largest absolute Gasteiger partial charge is 0.387 e. The predicted molar refractivity (Wildman–Crippen MR) is 85.8 cm³/mol. The van der Waals surface area contributed by atoms with Crippen LogP contribution < -0.4 is 10.6 Å². The van der Waals surface area contributed by atoms with Gasteiger partial charge in [0.25, 0.3) is 5.91 Å².